The Morgan fingerprint density at radius 1 is 0.805 bits per heavy atom. The highest BCUT2D eigenvalue weighted by atomic mass is 16.7. The van der Waals surface area contributed by atoms with Crippen LogP contribution in [0.1, 0.15) is 6.92 Å². The largest absolute Gasteiger partial charge is 0.508 e. The molecule has 2 fully saturated rings. The number of aliphatic hydroxyl groups excluding tert-OH is 6. The molecule has 2 aliphatic rings. The molecule has 41 heavy (non-hydrogen) atoms. The Labute approximate surface area is 231 Å². The summed E-state index contributed by atoms with van der Waals surface area (Å²) in [5.41, 5.74) is -0.682. The maximum Gasteiger partial charge on any atom is 0.239 e. The minimum Gasteiger partial charge on any atom is -0.508 e. The molecule has 2 saturated heterocycles. The zero-order chi connectivity index (χ0) is 29.6. The van der Waals surface area contributed by atoms with Gasteiger partial charge in [-0.05, 0) is 6.92 Å². The van der Waals surface area contributed by atoms with E-state index in [0.29, 0.717) is 5.56 Å². The van der Waals surface area contributed by atoms with E-state index in [4.69, 9.17) is 23.4 Å². The second-order valence-electron chi connectivity index (χ2n) is 9.94. The molecule has 222 valence electrons. The number of benzene rings is 2. The van der Waals surface area contributed by atoms with Crippen LogP contribution in [0, 0.1) is 0 Å². The van der Waals surface area contributed by atoms with E-state index in [1.54, 1.807) is 30.3 Å². The highest BCUT2D eigenvalue weighted by Gasteiger charge is 2.47. The van der Waals surface area contributed by atoms with Gasteiger partial charge in [0.05, 0.1) is 12.7 Å². The van der Waals surface area contributed by atoms with Crippen LogP contribution >= 0.6 is 0 Å². The maximum absolute atomic E-state index is 13.5. The van der Waals surface area contributed by atoms with Gasteiger partial charge in [-0.1, -0.05) is 30.3 Å². The molecule has 5 rings (SSSR count). The van der Waals surface area contributed by atoms with Crippen molar-refractivity contribution in [3.05, 3.63) is 52.7 Å². The van der Waals surface area contributed by atoms with E-state index < -0.39 is 84.9 Å². The van der Waals surface area contributed by atoms with Gasteiger partial charge in [0.1, 0.15) is 65.2 Å². The van der Waals surface area contributed by atoms with Crippen molar-refractivity contribution in [1.82, 2.24) is 0 Å². The fourth-order valence-electron chi connectivity index (χ4n) is 4.76. The molecule has 2 aromatic carbocycles. The first-order valence-electron chi connectivity index (χ1n) is 12.7. The van der Waals surface area contributed by atoms with E-state index >= 15 is 0 Å². The molecule has 0 bridgehead atoms. The number of fused-ring (bicyclic) bond motifs is 1. The molecule has 10 atom stereocenters. The standard InChI is InChI=1S/C27H30O14/c1-10-17(30)20(33)22(35)26(38-10)37-9-15-18(31)21(34)23(36)27(40-15)41-25-19(32)16-13(29)7-12(28)8-14(16)39-24(25)11-5-3-2-4-6-11/h2-8,10,15,17-18,20-23,26-31,33-36H,9H2,1H3. The summed E-state index contributed by atoms with van der Waals surface area (Å²) in [4.78, 5) is 13.5. The predicted molar refractivity (Wildman–Crippen MR) is 137 cm³/mol. The van der Waals surface area contributed by atoms with Crippen molar-refractivity contribution in [3.63, 3.8) is 0 Å². The lowest BCUT2D eigenvalue weighted by Crippen LogP contribution is -2.61. The van der Waals surface area contributed by atoms with Crippen LogP contribution in [0.15, 0.2) is 51.7 Å². The highest BCUT2D eigenvalue weighted by molar-refractivity contribution is 5.88. The molecule has 0 aliphatic carbocycles. The molecule has 0 saturated carbocycles. The molecule has 3 aromatic rings. The minimum absolute atomic E-state index is 0.141. The summed E-state index contributed by atoms with van der Waals surface area (Å²) in [6.07, 6.45) is -15.5. The van der Waals surface area contributed by atoms with Gasteiger partial charge in [-0.15, -0.1) is 0 Å². The van der Waals surface area contributed by atoms with Crippen LogP contribution in [0.4, 0.5) is 0 Å². The Morgan fingerprint density at radius 2 is 1.46 bits per heavy atom. The van der Waals surface area contributed by atoms with Crippen molar-refractivity contribution in [2.75, 3.05) is 6.61 Å². The molecule has 0 radical (unpaired) electrons. The summed E-state index contributed by atoms with van der Waals surface area (Å²) in [6, 6.07) is 10.3. The Balaban J connectivity index is 1.45. The van der Waals surface area contributed by atoms with Crippen LogP contribution in [0.25, 0.3) is 22.3 Å². The lowest BCUT2D eigenvalue weighted by atomic mass is 9.98. The molecule has 0 spiro atoms. The zero-order valence-electron chi connectivity index (χ0n) is 21.5. The second-order valence-corrected chi connectivity index (χ2v) is 9.94. The summed E-state index contributed by atoms with van der Waals surface area (Å²) >= 11 is 0. The van der Waals surface area contributed by atoms with Crippen LogP contribution < -0.4 is 10.2 Å². The van der Waals surface area contributed by atoms with E-state index in [1.165, 1.54) is 6.92 Å². The van der Waals surface area contributed by atoms with Gasteiger partial charge >= 0.3 is 0 Å². The molecule has 3 heterocycles. The monoisotopic (exact) mass is 578 g/mol. The minimum atomic E-state index is -1.87. The molecule has 14 nitrogen and oxygen atoms in total. The first-order chi connectivity index (χ1) is 19.5. The summed E-state index contributed by atoms with van der Waals surface area (Å²) in [7, 11) is 0. The van der Waals surface area contributed by atoms with Crippen molar-refractivity contribution in [1.29, 1.82) is 0 Å². The Morgan fingerprint density at radius 3 is 2.17 bits per heavy atom. The van der Waals surface area contributed by atoms with E-state index in [-0.39, 0.29) is 22.5 Å². The average Bonchev–Trinajstić information content (AvgIpc) is 2.95. The lowest BCUT2D eigenvalue weighted by Gasteiger charge is -2.42. The van der Waals surface area contributed by atoms with Gasteiger partial charge in [0, 0.05) is 17.7 Å². The third-order valence-electron chi connectivity index (χ3n) is 7.09. The Bertz CT molecular complexity index is 1430. The Hall–Kier alpha value is -3.31. The van der Waals surface area contributed by atoms with Crippen LogP contribution in [0.2, 0.25) is 0 Å². The molecule has 1 aromatic heterocycles. The van der Waals surface area contributed by atoms with Gasteiger partial charge in [-0.25, -0.2) is 0 Å². The van der Waals surface area contributed by atoms with Gasteiger partial charge < -0.3 is 64.2 Å². The van der Waals surface area contributed by atoms with Gasteiger partial charge in [0.2, 0.25) is 17.5 Å². The van der Waals surface area contributed by atoms with Crippen LogP contribution in [-0.2, 0) is 14.2 Å². The molecular formula is C27H30O14. The number of phenolic OH excluding ortho intramolecular Hbond substituents is 2. The molecule has 2 aliphatic heterocycles. The Kier molecular flexibility index (Phi) is 8.20. The average molecular weight is 579 g/mol. The third-order valence-corrected chi connectivity index (χ3v) is 7.09. The summed E-state index contributed by atoms with van der Waals surface area (Å²) < 4.78 is 28.1. The van der Waals surface area contributed by atoms with Crippen molar-refractivity contribution >= 4 is 11.0 Å². The van der Waals surface area contributed by atoms with E-state index in [9.17, 15) is 45.6 Å². The fraction of sp³-hybridized carbons (Fsp3) is 0.444. The summed E-state index contributed by atoms with van der Waals surface area (Å²) in [5.74, 6) is -1.61. The molecular weight excluding hydrogens is 548 g/mol. The predicted octanol–water partition coefficient (Wildman–Crippen LogP) is -1.10. The number of aromatic hydroxyl groups is 2. The van der Waals surface area contributed by atoms with Crippen molar-refractivity contribution in [3.8, 4) is 28.6 Å². The van der Waals surface area contributed by atoms with E-state index in [2.05, 4.69) is 0 Å². The quantitative estimate of drug-likeness (QED) is 0.174. The third kappa shape index (κ3) is 5.49. The van der Waals surface area contributed by atoms with E-state index in [1.807, 2.05) is 0 Å². The lowest BCUT2D eigenvalue weighted by molar-refractivity contribution is -0.318. The van der Waals surface area contributed by atoms with Gasteiger partial charge in [-0.2, -0.15) is 0 Å². The number of ether oxygens (including phenoxy) is 4. The molecule has 10 unspecified atom stereocenters. The smallest absolute Gasteiger partial charge is 0.239 e. The normalized spacial score (nSPS) is 34.0. The van der Waals surface area contributed by atoms with Gasteiger partial charge in [0.25, 0.3) is 0 Å². The molecule has 14 heteroatoms. The van der Waals surface area contributed by atoms with E-state index in [0.717, 1.165) is 12.1 Å². The van der Waals surface area contributed by atoms with Crippen molar-refractivity contribution in [2.45, 2.75) is 68.3 Å². The zero-order valence-corrected chi connectivity index (χ0v) is 21.5. The first kappa shape index (κ1) is 29.2. The van der Waals surface area contributed by atoms with Gasteiger partial charge in [-0.3, -0.25) is 4.79 Å². The molecule has 0 amide bonds. The van der Waals surface area contributed by atoms with Crippen LogP contribution in [-0.4, -0.2) is 109 Å². The molecule has 8 N–H and O–H groups in total. The summed E-state index contributed by atoms with van der Waals surface area (Å²) in [6.45, 7) is 0.907. The van der Waals surface area contributed by atoms with Crippen molar-refractivity contribution < 1.29 is 64.2 Å². The maximum atomic E-state index is 13.5. The van der Waals surface area contributed by atoms with Crippen LogP contribution in [0.5, 0.6) is 17.2 Å². The number of hydrogen-bond donors (Lipinski definition) is 8. The first-order valence-corrected chi connectivity index (χ1v) is 12.7. The number of rotatable bonds is 6. The topological polar surface area (TPSA) is 229 Å². The van der Waals surface area contributed by atoms with Gasteiger partial charge in [0.15, 0.2) is 12.1 Å². The number of aliphatic hydroxyl groups is 6. The fourth-order valence-corrected chi connectivity index (χ4v) is 4.76. The second kappa shape index (κ2) is 11.5. The highest BCUT2D eigenvalue weighted by Crippen LogP contribution is 2.37. The number of hydrogen-bond acceptors (Lipinski definition) is 14. The number of phenols is 2. The summed E-state index contributed by atoms with van der Waals surface area (Å²) in [5, 5.41) is 81.7. The SMILES string of the molecule is CC1OC(OCC2OC(Oc3c(-c4ccccc4)oc4cc(O)cc(O)c4c3=O)C(O)C(O)C2O)C(O)C(O)C1O. The van der Waals surface area contributed by atoms with Crippen molar-refractivity contribution in [2.24, 2.45) is 0 Å². The van der Waals surface area contributed by atoms with Crippen LogP contribution in [0.3, 0.4) is 0 Å².